The molecule has 2 rings (SSSR count). The zero-order chi connectivity index (χ0) is 19.5. The molecule has 0 N–H and O–H groups in total. The second-order valence-corrected chi connectivity index (χ2v) is 8.12. The van der Waals surface area contributed by atoms with Crippen LogP contribution in [0.5, 0.6) is 5.88 Å². The molecular weight excluding hydrogens is 398 g/mol. The lowest BCUT2D eigenvalue weighted by molar-refractivity contribution is -0.919. The minimum atomic E-state index is -0.0984. The molecule has 0 bridgehead atoms. The molecule has 8 heteroatoms. The highest BCUT2D eigenvalue weighted by molar-refractivity contribution is 6.99. The third-order valence-corrected chi connectivity index (χ3v) is 5.39. The number of nitrogens with zero attached hydrogens (tertiary/aromatic N) is 3. The van der Waals surface area contributed by atoms with Crippen LogP contribution in [0.15, 0.2) is 6.08 Å². The van der Waals surface area contributed by atoms with Gasteiger partial charge in [0.2, 0.25) is 6.73 Å². The highest BCUT2D eigenvalue weighted by Gasteiger charge is 2.31. The van der Waals surface area contributed by atoms with Gasteiger partial charge in [0.15, 0.2) is 0 Å². The molecule has 0 saturated carbocycles. The first-order valence-electron chi connectivity index (χ1n) is 10.2. The molecule has 0 saturated heterocycles. The summed E-state index contributed by atoms with van der Waals surface area (Å²) in [5, 5.41) is 0. The Morgan fingerprint density at radius 3 is 2.71 bits per heavy atom. The first kappa shape index (κ1) is 24.9. The van der Waals surface area contributed by atoms with Gasteiger partial charge in [0.05, 0.1) is 31.9 Å². The normalized spacial score (nSPS) is 18.9. The van der Waals surface area contributed by atoms with Crippen molar-refractivity contribution in [3.05, 3.63) is 11.8 Å². The molecular formula is C20H34ClN3O3S. The first-order chi connectivity index (χ1) is 13.1. The van der Waals surface area contributed by atoms with E-state index in [1.54, 1.807) is 0 Å². The number of carbonyl (C=O) groups is 1. The molecule has 2 heterocycles. The maximum atomic E-state index is 11.9. The van der Waals surface area contributed by atoms with E-state index in [0.717, 1.165) is 50.0 Å². The van der Waals surface area contributed by atoms with Crippen LogP contribution in [0.25, 0.3) is 5.57 Å². The molecule has 0 fully saturated rings. The Morgan fingerprint density at radius 1 is 1.18 bits per heavy atom. The van der Waals surface area contributed by atoms with Crippen LogP contribution in [0.4, 0.5) is 0 Å². The lowest BCUT2D eigenvalue weighted by atomic mass is 10.1. The van der Waals surface area contributed by atoms with Gasteiger partial charge in [-0.3, -0.25) is 9.28 Å². The molecule has 1 atom stereocenters. The van der Waals surface area contributed by atoms with Crippen LogP contribution in [-0.4, -0.2) is 52.7 Å². The van der Waals surface area contributed by atoms with E-state index in [9.17, 15) is 4.79 Å². The summed E-state index contributed by atoms with van der Waals surface area (Å²) in [7, 11) is 2.13. The van der Waals surface area contributed by atoms with Crippen LogP contribution in [-0.2, 0) is 9.53 Å². The standard InChI is InChI=1S/C20H34N3O3S.ClH/c1-4-6-8-9-14-25-20-19(21-27-22-20)17-11-10-13-23(3,15-17)16-26-18(24)12-7-5-2;/h11H,4-10,12-16H2,1-3H3;1H/q+1;/p-1. The maximum absolute atomic E-state index is 11.9. The van der Waals surface area contributed by atoms with Gasteiger partial charge in [-0.1, -0.05) is 45.6 Å². The molecule has 0 aliphatic carbocycles. The van der Waals surface area contributed by atoms with E-state index < -0.39 is 0 Å². The van der Waals surface area contributed by atoms with Gasteiger partial charge < -0.3 is 21.9 Å². The van der Waals surface area contributed by atoms with E-state index in [-0.39, 0.29) is 18.4 Å². The monoisotopic (exact) mass is 431 g/mol. The van der Waals surface area contributed by atoms with E-state index in [0.29, 0.717) is 30.1 Å². The maximum Gasteiger partial charge on any atom is 0.310 e. The molecule has 1 aliphatic rings. The van der Waals surface area contributed by atoms with Crippen molar-refractivity contribution in [1.82, 2.24) is 8.75 Å². The summed E-state index contributed by atoms with van der Waals surface area (Å²) in [6.07, 6.45) is 10.2. The Bertz CT molecular complexity index is 624. The second kappa shape index (κ2) is 13.1. The number of ether oxygens (including phenoxy) is 2. The lowest BCUT2D eigenvalue weighted by Crippen LogP contribution is -3.00. The number of esters is 1. The summed E-state index contributed by atoms with van der Waals surface area (Å²) in [4.78, 5) is 11.9. The van der Waals surface area contributed by atoms with Crippen molar-refractivity contribution in [2.45, 2.75) is 65.2 Å². The number of halogens is 1. The van der Waals surface area contributed by atoms with Gasteiger partial charge in [0, 0.05) is 18.4 Å². The predicted molar refractivity (Wildman–Crippen MR) is 109 cm³/mol. The number of unbranched alkanes of at least 4 members (excludes halogenated alkanes) is 4. The highest BCUT2D eigenvalue weighted by atomic mass is 35.5. The van der Waals surface area contributed by atoms with Crippen molar-refractivity contribution >= 4 is 23.3 Å². The molecule has 1 aliphatic heterocycles. The molecule has 0 aromatic carbocycles. The number of hydrogen-bond donors (Lipinski definition) is 0. The Hall–Kier alpha value is -1.18. The summed E-state index contributed by atoms with van der Waals surface area (Å²) in [6.45, 7) is 7.11. The largest absolute Gasteiger partial charge is 1.00 e. The van der Waals surface area contributed by atoms with Crippen LogP contribution >= 0.6 is 11.7 Å². The Morgan fingerprint density at radius 2 is 1.96 bits per heavy atom. The van der Waals surface area contributed by atoms with E-state index >= 15 is 0 Å². The minimum absolute atomic E-state index is 0. The van der Waals surface area contributed by atoms with Crippen molar-refractivity contribution in [3.8, 4) is 5.88 Å². The van der Waals surface area contributed by atoms with Crippen molar-refractivity contribution in [2.75, 3.05) is 33.5 Å². The van der Waals surface area contributed by atoms with Gasteiger partial charge in [-0.05, 0) is 12.8 Å². The number of hydrogen-bond acceptors (Lipinski definition) is 6. The molecule has 1 unspecified atom stereocenters. The summed E-state index contributed by atoms with van der Waals surface area (Å²) < 4.78 is 20.9. The van der Waals surface area contributed by atoms with Crippen LogP contribution in [0.2, 0.25) is 0 Å². The van der Waals surface area contributed by atoms with E-state index in [1.807, 2.05) is 0 Å². The van der Waals surface area contributed by atoms with Gasteiger partial charge in [-0.2, -0.15) is 4.37 Å². The number of quaternary nitrogens is 1. The van der Waals surface area contributed by atoms with Gasteiger partial charge in [0.1, 0.15) is 12.2 Å². The summed E-state index contributed by atoms with van der Waals surface area (Å²) in [6, 6.07) is 0. The van der Waals surface area contributed by atoms with Crippen LogP contribution in [0, 0.1) is 0 Å². The average molecular weight is 432 g/mol. The summed E-state index contributed by atoms with van der Waals surface area (Å²) >= 11 is 1.20. The van der Waals surface area contributed by atoms with Crippen LogP contribution < -0.4 is 17.1 Å². The van der Waals surface area contributed by atoms with Gasteiger partial charge in [0.25, 0.3) is 5.88 Å². The third kappa shape index (κ3) is 8.05. The molecule has 160 valence electrons. The number of aromatic nitrogens is 2. The number of rotatable bonds is 12. The van der Waals surface area contributed by atoms with Crippen molar-refractivity contribution in [1.29, 1.82) is 0 Å². The minimum Gasteiger partial charge on any atom is -1.00 e. The van der Waals surface area contributed by atoms with Gasteiger partial charge >= 0.3 is 5.97 Å². The average Bonchev–Trinajstić information content (AvgIpc) is 3.13. The SMILES string of the molecule is CCCCCCOc1nsnc1C1=CCC[N+](C)(COC(=O)CCCC)C1.[Cl-]. The van der Waals surface area contributed by atoms with Crippen molar-refractivity contribution in [3.63, 3.8) is 0 Å². The molecule has 0 radical (unpaired) electrons. The first-order valence-corrected chi connectivity index (χ1v) is 10.9. The zero-order valence-corrected chi connectivity index (χ0v) is 19.0. The molecule has 1 aromatic rings. The van der Waals surface area contributed by atoms with Crippen LogP contribution in [0.1, 0.15) is 70.9 Å². The van der Waals surface area contributed by atoms with Crippen molar-refractivity contribution in [2.24, 2.45) is 0 Å². The fourth-order valence-corrected chi connectivity index (χ4v) is 3.71. The molecule has 1 aromatic heterocycles. The molecule has 0 spiro atoms. The summed E-state index contributed by atoms with van der Waals surface area (Å²) in [5.41, 5.74) is 2.00. The zero-order valence-electron chi connectivity index (χ0n) is 17.4. The fourth-order valence-electron chi connectivity index (χ4n) is 3.18. The van der Waals surface area contributed by atoms with Gasteiger partial charge in [-0.25, -0.2) is 0 Å². The third-order valence-electron chi connectivity index (χ3n) is 4.88. The smallest absolute Gasteiger partial charge is 0.310 e. The quantitative estimate of drug-likeness (QED) is 0.284. The molecule has 0 amide bonds. The van der Waals surface area contributed by atoms with Gasteiger partial charge in [-0.15, -0.1) is 4.37 Å². The Balaban J connectivity index is 0.00000392. The number of likely N-dealkylation sites (N-methyl/N-ethyl adjacent to an activating group) is 1. The van der Waals surface area contributed by atoms with Crippen molar-refractivity contribution < 1.29 is 31.2 Å². The topological polar surface area (TPSA) is 61.3 Å². The summed E-state index contributed by atoms with van der Waals surface area (Å²) in [5.74, 6) is 0.551. The fraction of sp³-hybridized carbons (Fsp3) is 0.750. The lowest BCUT2D eigenvalue weighted by Gasteiger charge is -2.36. The van der Waals surface area contributed by atoms with Crippen LogP contribution in [0.3, 0.4) is 0 Å². The second-order valence-electron chi connectivity index (χ2n) is 7.60. The highest BCUT2D eigenvalue weighted by Crippen LogP contribution is 2.30. The molecule has 28 heavy (non-hydrogen) atoms. The molecule has 6 nitrogen and oxygen atoms in total. The van der Waals surface area contributed by atoms with E-state index in [4.69, 9.17) is 9.47 Å². The predicted octanol–water partition coefficient (Wildman–Crippen LogP) is 1.43. The van der Waals surface area contributed by atoms with E-state index in [1.165, 1.54) is 31.0 Å². The number of carbonyl (C=O) groups excluding carboxylic acids is 1. The Labute approximate surface area is 179 Å². The Kier molecular flexibility index (Phi) is 11.6. The van der Waals surface area contributed by atoms with E-state index in [2.05, 4.69) is 35.7 Å².